The van der Waals surface area contributed by atoms with Gasteiger partial charge in [0.05, 0.1) is 13.4 Å². The van der Waals surface area contributed by atoms with Crippen molar-refractivity contribution in [2.75, 3.05) is 26.6 Å². The lowest BCUT2D eigenvalue weighted by molar-refractivity contribution is 0.0690. The number of aromatic carboxylic acids is 1. The number of unbranched alkanes of at least 4 members (excludes halogenated alkanes) is 1. The van der Waals surface area contributed by atoms with Gasteiger partial charge in [0.2, 0.25) is 5.82 Å². The first-order chi connectivity index (χ1) is 11.4. The number of hydrogen-bond acceptors (Lipinski definition) is 6. The topological polar surface area (TPSA) is 141 Å². The third-order valence-corrected chi connectivity index (χ3v) is 2.12. The van der Waals surface area contributed by atoms with E-state index in [0.717, 1.165) is 20.0 Å². The molecule has 1 rings (SSSR count). The van der Waals surface area contributed by atoms with Gasteiger partial charge in [0, 0.05) is 13.2 Å². The van der Waals surface area contributed by atoms with Crippen LogP contribution in [0, 0.1) is 17.5 Å². The van der Waals surface area contributed by atoms with Gasteiger partial charge in [-0.2, -0.15) is 12.8 Å². The Morgan fingerprint density at radius 2 is 1.52 bits per heavy atom. The minimum Gasteiger partial charge on any atom is -0.491 e. The van der Waals surface area contributed by atoms with Crippen LogP contribution in [0.1, 0.15) is 23.2 Å². The van der Waals surface area contributed by atoms with Crippen molar-refractivity contribution in [2.24, 2.45) is 0 Å². The molecule has 1 aromatic rings. The largest absolute Gasteiger partial charge is 0.491 e. The van der Waals surface area contributed by atoms with Crippen molar-refractivity contribution in [1.82, 2.24) is 0 Å². The Bertz CT molecular complexity index is 637. The number of carboxylic acid groups (broad SMARTS) is 1. The van der Waals surface area contributed by atoms with Gasteiger partial charge in [0.25, 0.3) is 10.1 Å². The van der Waals surface area contributed by atoms with E-state index in [-0.39, 0.29) is 19.3 Å². The van der Waals surface area contributed by atoms with Crippen molar-refractivity contribution in [2.45, 2.75) is 12.8 Å². The summed E-state index contributed by atoms with van der Waals surface area (Å²) in [6.45, 7) is 0.390. The van der Waals surface area contributed by atoms with Crippen LogP contribution in [-0.4, -0.2) is 60.8 Å². The maximum Gasteiger partial charge on any atom is 0.338 e. The number of rotatable bonds is 5. The molecule has 4 N–H and O–H groups in total. The molecular weight excluding hydrogens is 373 g/mol. The zero-order valence-electron chi connectivity index (χ0n) is 13.4. The zero-order chi connectivity index (χ0) is 20.2. The molecule has 0 aromatic heterocycles. The summed E-state index contributed by atoms with van der Waals surface area (Å²) in [5.74, 6) is -7.18. The number of carbonyl (C=O) groups is 1. The Labute approximate surface area is 142 Å². The molecule has 0 heterocycles. The van der Waals surface area contributed by atoms with Crippen LogP contribution in [0.3, 0.4) is 0 Å². The van der Waals surface area contributed by atoms with E-state index in [4.69, 9.17) is 19.9 Å². The van der Waals surface area contributed by atoms with Gasteiger partial charge in [-0.1, -0.05) is 0 Å². The van der Waals surface area contributed by atoms with Crippen LogP contribution in [0.4, 0.5) is 13.2 Å². The third-order valence-electron chi connectivity index (χ3n) is 2.12. The van der Waals surface area contributed by atoms with Crippen molar-refractivity contribution in [3.05, 3.63) is 29.1 Å². The fourth-order valence-corrected chi connectivity index (χ4v) is 1.14. The minimum absolute atomic E-state index is 0.195. The standard InChI is InChI=1S/C8H5F3O3.C4H10O2.CH4O3S/c1-14-7-5(10)3(8(12)13)2-4(9)6(7)11;5-3-1-2-4-6;1-5(2,3)4/h2H,1H3,(H,12,13);5-6H,1-4H2;1H3,(H,2,3,4). The van der Waals surface area contributed by atoms with Crippen LogP contribution in [0.25, 0.3) is 0 Å². The summed E-state index contributed by atoms with van der Waals surface area (Å²) in [4.78, 5) is 10.4. The molecule has 0 radical (unpaired) electrons. The molecule has 0 aliphatic carbocycles. The summed E-state index contributed by atoms with van der Waals surface area (Å²) >= 11 is 0. The van der Waals surface area contributed by atoms with Gasteiger partial charge >= 0.3 is 5.97 Å². The molecule has 0 saturated carbocycles. The van der Waals surface area contributed by atoms with E-state index in [9.17, 15) is 26.4 Å². The summed E-state index contributed by atoms with van der Waals surface area (Å²) in [5, 5.41) is 24.6. The fraction of sp³-hybridized carbons (Fsp3) is 0.462. The highest BCUT2D eigenvalue weighted by atomic mass is 32.2. The minimum atomic E-state index is -3.67. The molecule has 0 aliphatic rings. The van der Waals surface area contributed by atoms with E-state index in [2.05, 4.69) is 4.74 Å². The molecule has 25 heavy (non-hydrogen) atoms. The monoisotopic (exact) mass is 392 g/mol. The van der Waals surface area contributed by atoms with Gasteiger partial charge < -0.3 is 20.1 Å². The van der Waals surface area contributed by atoms with Gasteiger partial charge in [-0.25, -0.2) is 13.6 Å². The maximum absolute atomic E-state index is 13.1. The average Bonchev–Trinajstić information content (AvgIpc) is 2.48. The Morgan fingerprint density at radius 1 is 1.12 bits per heavy atom. The third kappa shape index (κ3) is 12.2. The van der Waals surface area contributed by atoms with Gasteiger partial charge in [-0.05, 0) is 18.9 Å². The number of carboxylic acids is 1. The molecule has 12 heteroatoms. The number of benzene rings is 1. The number of hydrogen-bond donors (Lipinski definition) is 4. The molecule has 146 valence electrons. The number of aliphatic hydroxyl groups is 2. The van der Waals surface area contributed by atoms with Gasteiger partial charge in [-0.3, -0.25) is 4.55 Å². The first-order valence-corrected chi connectivity index (χ1v) is 8.34. The molecule has 0 amide bonds. The zero-order valence-corrected chi connectivity index (χ0v) is 14.2. The van der Waals surface area contributed by atoms with E-state index in [1.165, 1.54) is 0 Å². The smallest absolute Gasteiger partial charge is 0.338 e. The summed E-state index contributed by atoms with van der Waals surface area (Å²) < 4.78 is 68.6. The molecule has 0 saturated heterocycles. The Hall–Kier alpha value is -1.89. The lowest BCUT2D eigenvalue weighted by atomic mass is 10.2. The van der Waals surface area contributed by atoms with E-state index in [0.29, 0.717) is 6.26 Å². The normalized spacial score (nSPS) is 10.1. The maximum atomic E-state index is 13.1. The Balaban J connectivity index is 0. The second-order valence-corrected chi connectivity index (χ2v) is 5.73. The molecule has 0 bridgehead atoms. The highest BCUT2D eigenvalue weighted by Gasteiger charge is 2.22. The molecule has 0 atom stereocenters. The summed E-state index contributed by atoms with van der Waals surface area (Å²) in [5.41, 5.74) is -0.972. The van der Waals surface area contributed by atoms with Gasteiger partial charge in [0.15, 0.2) is 17.4 Å². The van der Waals surface area contributed by atoms with Crippen molar-refractivity contribution in [3.8, 4) is 5.75 Å². The Morgan fingerprint density at radius 3 is 1.80 bits per heavy atom. The molecule has 1 aromatic carbocycles. The predicted octanol–water partition coefficient (Wildman–Crippen LogP) is 1.07. The lowest BCUT2D eigenvalue weighted by Crippen LogP contribution is -2.06. The summed E-state index contributed by atoms with van der Waals surface area (Å²) in [7, 11) is -2.76. The molecular formula is C13H19F3O8S. The fourth-order valence-electron chi connectivity index (χ4n) is 1.14. The van der Waals surface area contributed by atoms with Crippen molar-refractivity contribution >= 4 is 16.1 Å². The number of aliphatic hydroxyl groups excluding tert-OH is 2. The van der Waals surface area contributed by atoms with E-state index >= 15 is 0 Å². The number of methoxy groups -OCH3 is 1. The molecule has 0 unspecified atom stereocenters. The van der Waals surface area contributed by atoms with Gasteiger partial charge in [-0.15, -0.1) is 0 Å². The second-order valence-electron chi connectivity index (χ2n) is 4.26. The van der Waals surface area contributed by atoms with Crippen LogP contribution < -0.4 is 4.74 Å². The number of ether oxygens (including phenoxy) is 1. The SMILES string of the molecule is COc1c(F)c(F)cc(C(=O)O)c1F.CS(=O)(=O)O.OCCCCO. The van der Waals surface area contributed by atoms with Crippen LogP contribution in [-0.2, 0) is 10.1 Å². The predicted molar refractivity (Wildman–Crippen MR) is 80.7 cm³/mol. The van der Waals surface area contributed by atoms with E-state index in [1.54, 1.807) is 0 Å². The van der Waals surface area contributed by atoms with Crippen molar-refractivity contribution < 1.29 is 51.0 Å². The molecule has 0 fully saturated rings. The first-order valence-electron chi connectivity index (χ1n) is 6.49. The lowest BCUT2D eigenvalue weighted by Gasteiger charge is -2.06. The highest BCUT2D eigenvalue weighted by Crippen LogP contribution is 2.26. The molecule has 0 aliphatic heterocycles. The number of halogens is 3. The summed E-state index contributed by atoms with van der Waals surface area (Å²) in [6.07, 6.45) is 2.15. The van der Waals surface area contributed by atoms with Gasteiger partial charge in [0.1, 0.15) is 5.56 Å². The quantitative estimate of drug-likeness (QED) is 0.331. The first kappa shape index (κ1) is 25.4. The van der Waals surface area contributed by atoms with E-state index in [1.807, 2.05) is 0 Å². The Kier molecular flexibility index (Phi) is 12.6. The van der Waals surface area contributed by atoms with Crippen molar-refractivity contribution in [1.29, 1.82) is 0 Å². The van der Waals surface area contributed by atoms with Crippen LogP contribution in [0.5, 0.6) is 5.75 Å². The summed E-state index contributed by atoms with van der Waals surface area (Å²) in [6, 6.07) is 0.259. The second kappa shape index (κ2) is 12.5. The molecule has 0 spiro atoms. The van der Waals surface area contributed by atoms with Crippen LogP contribution >= 0.6 is 0 Å². The van der Waals surface area contributed by atoms with Crippen LogP contribution in [0.2, 0.25) is 0 Å². The van der Waals surface area contributed by atoms with E-state index < -0.39 is 44.9 Å². The highest BCUT2D eigenvalue weighted by molar-refractivity contribution is 7.85. The van der Waals surface area contributed by atoms with Crippen molar-refractivity contribution in [3.63, 3.8) is 0 Å². The van der Waals surface area contributed by atoms with Crippen LogP contribution in [0.15, 0.2) is 6.07 Å². The average molecular weight is 392 g/mol. The molecule has 8 nitrogen and oxygen atoms in total.